The number of benzene rings is 1. The minimum atomic E-state index is -0.177. The van der Waals surface area contributed by atoms with Crippen LogP contribution in [0.2, 0.25) is 5.02 Å². The van der Waals surface area contributed by atoms with E-state index in [1.807, 2.05) is 18.7 Å². The lowest BCUT2D eigenvalue weighted by Crippen LogP contribution is -2.46. The summed E-state index contributed by atoms with van der Waals surface area (Å²) in [5.74, 6) is 0.0377. The Balaban J connectivity index is 0.00000264. The van der Waals surface area contributed by atoms with Gasteiger partial charge in [0.25, 0.3) is 0 Å². The summed E-state index contributed by atoms with van der Waals surface area (Å²) < 4.78 is 0. The molecule has 1 aromatic carbocycles. The molecule has 0 radical (unpaired) electrons. The van der Waals surface area contributed by atoms with Crippen LogP contribution in [0.3, 0.4) is 0 Å². The Labute approximate surface area is 148 Å². The molecule has 1 aromatic rings. The number of hydrogen-bond acceptors (Lipinski definition) is 3. The van der Waals surface area contributed by atoms with Gasteiger partial charge in [0, 0.05) is 35.6 Å². The van der Waals surface area contributed by atoms with Crippen LogP contribution in [0.5, 0.6) is 0 Å². The van der Waals surface area contributed by atoms with Crippen LogP contribution in [-0.4, -0.2) is 35.7 Å². The largest absolute Gasteiger partial charge is 0.342 e. The van der Waals surface area contributed by atoms with Gasteiger partial charge < -0.3 is 10.6 Å². The summed E-state index contributed by atoms with van der Waals surface area (Å²) in [6.45, 7) is 4.96. The SMILES string of the molecule is CC(N)C(C)C(=O)N1CCC(C(=O)c2ccc(Cl)cc2)CC1.Cl. The highest BCUT2D eigenvalue weighted by atomic mass is 35.5. The molecule has 0 aromatic heterocycles. The Morgan fingerprint density at radius 3 is 2.17 bits per heavy atom. The average molecular weight is 359 g/mol. The van der Waals surface area contributed by atoms with E-state index in [4.69, 9.17) is 17.3 Å². The van der Waals surface area contributed by atoms with Crippen LogP contribution in [0, 0.1) is 11.8 Å². The number of nitrogens with zero attached hydrogens (tertiary/aromatic N) is 1. The van der Waals surface area contributed by atoms with E-state index in [1.165, 1.54) is 0 Å². The number of carbonyl (C=O) groups is 2. The monoisotopic (exact) mass is 358 g/mol. The first-order chi connectivity index (χ1) is 10.4. The van der Waals surface area contributed by atoms with Gasteiger partial charge >= 0.3 is 0 Å². The summed E-state index contributed by atoms with van der Waals surface area (Å²) in [6, 6.07) is 6.84. The summed E-state index contributed by atoms with van der Waals surface area (Å²) >= 11 is 5.85. The third-order valence-electron chi connectivity index (χ3n) is 4.48. The molecule has 128 valence electrons. The fourth-order valence-corrected chi connectivity index (χ4v) is 2.85. The Morgan fingerprint density at radius 1 is 1.17 bits per heavy atom. The first-order valence-electron chi connectivity index (χ1n) is 7.74. The molecular weight excluding hydrogens is 335 g/mol. The standard InChI is InChI=1S/C17H23ClN2O2.ClH/c1-11(12(2)19)17(22)20-9-7-14(8-10-20)16(21)13-3-5-15(18)6-4-13;/h3-6,11-12,14H,7-10,19H2,1-2H3;1H. The first kappa shape index (κ1) is 19.9. The Hall–Kier alpha value is -1.10. The smallest absolute Gasteiger partial charge is 0.226 e. The van der Waals surface area contributed by atoms with Gasteiger partial charge in [-0.25, -0.2) is 0 Å². The molecule has 0 saturated carbocycles. The normalized spacial score (nSPS) is 18.0. The molecule has 0 spiro atoms. The topological polar surface area (TPSA) is 63.4 Å². The number of likely N-dealkylation sites (tertiary alicyclic amines) is 1. The number of piperidine rings is 1. The highest BCUT2D eigenvalue weighted by molar-refractivity contribution is 6.30. The highest BCUT2D eigenvalue weighted by Crippen LogP contribution is 2.24. The molecule has 6 heteroatoms. The molecule has 1 amide bonds. The molecule has 1 aliphatic heterocycles. The van der Waals surface area contributed by atoms with E-state index >= 15 is 0 Å². The number of ketones is 1. The molecule has 1 aliphatic rings. The van der Waals surface area contributed by atoms with Crippen LogP contribution in [0.25, 0.3) is 0 Å². The molecule has 1 saturated heterocycles. The minimum Gasteiger partial charge on any atom is -0.342 e. The molecule has 4 nitrogen and oxygen atoms in total. The van der Waals surface area contributed by atoms with Gasteiger partial charge in [0.15, 0.2) is 5.78 Å². The molecule has 2 unspecified atom stereocenters. The Bertz CT molecular complexity index is 538. The number of carbonyl (C=O) groups excluding carboxylic acids is 2. The van der Waals surface area contributed by atoms with Gasteiger partial charge in [0.2, 0.25) is 5.91 Å². The Kier molecular flexibility index (Phi) is 7.52. The number of Topliss-reactive ketones (excluding diaryl/α,β-unsaturated/α-hetero) is 1. The predicted molar refractivity (Wildman–Crippen MR) is 95.1 cm³/mol. The van der Waals surface area contributed by atoms with Crippen molar-refractivity contribution < 1.29 is 9.59 Å². The van der Waals surface area contributed by atoms with Crippen LogP contribution in [-0.2, 0) is 4.79 Å². The Morgan fingerprint density at radius 2 is 1.70 bits per heavy atom. The number of rotatable bonds is 4. The number of nitrogens with two attached hydrogens (primary N) is 1. The maximum Gasteiger partial charge on any atom is 0.226 e. The van der Waals surface area contributed by atoms with Crippen LogP contribution < -0.4 is 5.73 Å². The van der Waals surface area contributed by atoms with Crippen molar-refractivity contribution in [2.45, 2.75) is 32.7 Å². The van der Waals surface area contributed by atoms with E-state index < -0.39 is 0 Å². The molecule has 2 N–H and O–H groups in total. The summed E-state index contributed by atoms with van der Waals surface area (Å²) in [4.78, 5) is 26.6. The van der Waals surface area contributed by atoms with Crippen molar-refractivity contribution in [1.29, 1.82) is 0 Å². The zero-order valence-electron chi connectivity index (χ0n) is 13.5. The fraction of sp³-hybridized carbons (Fsp3) is 0.529. The van der Waals surface area contributed by atoms with Crippen molar-refractivity contribution in [2.75, 3.05) is 13.1 Å². The van der Waals surface area contributed by atoms with Gasteiger partial charge in [-0.15, -0.1) is 12.4 Å². The molecule has 1 heterocycles. The van der Waals surface area contributed by atoms with Crippen molar-refractivity contribution in [3.8, 4) is 0 Å². The van der Waals surface area contributed by atoms with Crippen molar-refractivity contribution in [1.82, 2.24) is 4.90 Å². The van der Waals surface area contributed by atoms with E-state index in [1.54, 1.807) is 24.3 Å². The van der Waals surface area contributed by atoms with Crippen LogP contribution in [0.4, 0.5) is 0 Å². The van der Waals surface area contributed by atoms with Crippen molar-refractivity contribution in [3.05, 3.63) is 34.9 Å². The lowest BCUT2D eigenvalue weighted by Gasteiger charge is -2.33. The molecule has 2 rings (SSSR count). The van der Waals surface area contributed by atoms with Crippen molar-refractivity contribution in [3.63, 3.8) is 0 Å². The van der Waals surface area contributed by atoms with E-state index in [0.29, 0.717) is 36.5 Å². The second-order valence-corrected chi connectivity index (χ2v) is 6.55. The summed E-state index contributed by atoms with van der Waals surface area (Å²) in [6.07, 6.45) is 1.41. The summed E-state index contributed by atoms with van der Waals surface area (Å²) in [7, 11) is 0. The van der Waals surface area contributed by atoms with E-state index in [2.05, 4.69) is 0 Å². The predicted octanol–water partition coefficient (Wildman–Crippen LogP) is 3.17. The zero-order chi connectivity index (χ0) is 16.3. The summed E-state index contributed by atoms with van der Waals surface area (Å²) in [5.41, 5.74) is 6.49. The third-order valence-corrected chi connectivity index (χ3v) is 4.74. The highest BCUT2D eigenvalue weighted by Gasteiger charge is 2.30. The van der Waals surface area contributed by atoms with E-state index in [0.717, 1.165) is 0 Å². The van der Waals surface area contributed by atoms with E-state index in [-0.39, 0.29) is 42.0 Å². The van der Waals surface area contributed by atoms with Gasteiger partial charge in [-0.1, -0.05) is 18.5 Å². The lowest BCUT2D eigenvalue weighted by molar-refractivity contribution is -0.136. The van der Waals surface area contributed by atoms with Gasteiger partial charge in [-0.05, 0) is 44.0 Å². The van der Waals surface area contributed by atoms with Crippen LogP contribution >= 0.6 is 24.0 Å². The molecular formula is C17H24Cl2N2O2. The second-order valence-electron chi connectivity index (χ2n) is 6.12. The first-order valence-corrected chi connectivity index (χ1v) is 8.12. The van der Waals surface area contributed by atoms with Gasteiger partial charge in [0.05, 0.1) is 5.92 Å². The lowest BCUT2D eigenvalue weighted by atomic mass is 9.88. The third kappa shape index (κ3) is 4.93. The van der Waals surface area contributed by atoms with Gasteiger partial charge in [-0.3, -0.25) is 9.59 Å². The van der Waals surface area contributed by atoms with Gasteiger partial charge in [-0.2, -0.15) is 0 Å². The molecule has 2 atom stereocenters. The number of amides is 1. The number of hydrogen-bond donors (Lipinski definition) is 1. The van der Waals surface area contributed by atoms with E-state index in [9.17, 15) is 9.59 Å². The maximum atomic E-state index is 12.5. The number of halogens is 2. The minimum absolute atomic E-state index is 0. The molecule has 23 heavy (non-hydrogen) atoms. The summed E-state index contributed by atoms with van der Waals surface area (Å²) in [5, 5.41) is 0.627. The molecule has 1 fully saturated rings. The van der Waals surface area contributed by atoms with Crippen LogP contribution in [0.15, 0.2) is 24.3 Å². The van der Waals surface area contributed by atoms with Crippen molar-refractivity contribution >= 4 is 35.7 Å². The zero-order valence-corrected chi connectivity index (χ0v) is 15.1. The quantitative estimate of drug-likeness (QED) is 0.840. The van der Waals surface area contributed by atoms with Crippen molar-refractivity contribution in [2.24, 2.45) is 17.6 Å². The maximum absolute atomic E-state index is 12.5. The average Bonchev–Trinajstić information content (AvgIpc) is 2.53. The van der Waals surface area contributed by atoms with Gasteiger partial charge in [0.1, 0.15) is 0 Å². The van der Waals surface area contributed by atoms with Crippen LogP contribution in [0.1, 0.15) is 37.0 Å². The molecule has 0 bridgehead atoms. The second kappa shape index (κ2) is 8.67. The molecule has 0 aliphatic carbocycles. The fourth-order valence-electron chi connectivity index (χ4n) is 2.72.